The van der Waals surface area contributed by atoms with Gasteiger partial charge in [-0.25, -0.2) is 4.39 Å². The van der Waals surface area contributed by atoms with Crippen LogP contribution in [0, 0.1) is 5.82 Å². The van der Waals surface area contributed by atoms with Crippen LogP contribution in [0.4, 0.5) is 38.5 Å². The maximum absolute atomic E-state index is 13.8. The molecule has 0 aliphatic rings. The Morgan fingerprint density at radius 2 is 0.626 bits per heavy atom. The minimum atomic E-state index is -0.246. The van der Waals surface area contributed by atoms with E-state index in [0.29, 0.717) is 5.92 Å². The van der Waals surface area contributed by atoms with Gasteiger partial charge in [0.15, 0.2) is 0 Å². The molecule has 0 aliphatic carbocycles. The van der Waals surface area contributed by atoms with Crippen LogP contribution >= 0.6 is 0 Å². The number of unbranched alkanes of at least 4 members (excludes halogenated alkanes) is 8. The first kappa shape index (κ1) is 74.8. The highest BCUT2D eigenvalue weighted by molar-refractivity contribution is 6.19. The molecule has 7 nitrogen and oxygen atoms in total. The lowest BCUT2D eigenvalue weighted by atomic mass is 9.87. The summed E-state index contributed by atoms with van der Waals surface area (Å²) in [6.07, 6.45) is 15.7. The highest BCUT2D eigenvalue weighted by Gasteiger charge is 2.26. The van der Waals surface area contributed by atoms with Gasteiger partial charge in [0.25, 0.3) is 0 Å². The molecular weight excluding hydrogens is 1510 g/mol. The van der Waals surface area contributed by atoms with Gasteiger partial charge < -0.3 is 32.0 Å². The van der Waals surface area contributed by atoms with E-state index in [4.69, 9.17) is 17.7 Å². The summed E-state index contributed by atoms with van der Waals surface area (Å²) in [6, 6.07) is 127. The Hall–Kier alpha value is -14.5. The minimum Gasteiger partial charge on any atom is -0.456 e. The summed E-state index contributed by atoms with van der Waals surface area (Å²) < 4.78 is 42.7. The number of benzene rings is 18. The van der Waals surface area contributed by atoms with Crippen molar-refractivity contribution in [2.24, 2.45) is 0 Å². The van der Waals surface area contributed by atoms with E-state index in [0.717, 1.165) is 144 Å². The molecule has 123 heavy (non-hydrogen) atoms. The Morgan fingerprint density at radius 3 is 1.20 bits per heavy atom. The van der Waals surface area contributed by atoms with Gasteiger partial charge in [-0.05, 0) is 224 Å². The molecule has 0 radical (unpaired) electrons. The van der Waals surface area contributed by atoms with E-state index >= 15 is 0 Å². The highest BCUT2D eigenvalue weighted by Crippen LogP contribution is 2.50. The zero-order chi connectivity index (χ0) is 82.0. The molecular formula is C115H90FN3O4. The van der Waals surface area contributed by atoms with Crippen LogP contribution in [0.3, 0.4) is 0 Å². The van der Waals surface area contributed by atoms with Gasteiger partial charge in [-0.1, -0.05) is 266 Å². The topological polar surface area (TPSA) is 64.0 Å². The van der Waals surface area contributed by atoms with E-state index in [2.05, 4.69) is 350 Å². The van der Waals surface area contributed by atoms with Crippen molar-refractivity contribution in [3.63, 3.8) is 0 Å². The van der Waals surface area contributed by atoms with Crippen LogP contribution in [-0.4, -0.2) is 4.57 Å². The first-order chi connectivity index (χ1) is 60.8. The highest BCUT2D eigenvalue weighted by atomic mass is 19.1. The molecule has 0 aliphatic heterocycles. The normalized spacial score (nSPS) is 12.2. The van der Waals surface area contributed by atoms with Crippen LogP contribution in [-0.2, 0) is 0 Å². The minimum absolute atomic E-state index is 0.246. The quantitative estimate of drug-likeness (QED) is 0.0498. The second-order valence-corrected chi connectivity index (χ2v) is 33.3. The summed E-state index contributed by atoms with van der Waals surface area (Å²) in [5.41, 5.74) is 22.2. The summed E-state index contributed by atoms with van der Waals surface area (Å²) >= 11 is 0. The number of hydrogen-bond acceptors (Lipinski definition) is 6. The third-order valence-corrected chi connectivity index (χ3v) is 25.7. The number of para-hydroxylation sites is 3. The predicted octanol–water partition coefficient (Wildman–Crippen LogP) is 34.9. The van der Waals surface area contributed by atoms with Gasteiger partial charge in [-0.3, -0.25) is 0 Å². The van der Waals surface area contributed by atoms with Crippen molar-refractivity contribution in [2.75, 3.05) is 9.80 Å². The number of furan rings is 4. The second-order valence-electron chi connectivity index (χ2n) is 33.3. The Kier molecular flexibility index (Phi) is 19.4. The molecule has 0 amide bonds. The van der Waals surface area contributed by atoms with Crippen LogP contribution in [0.1, 0.15) is 102 Å². The van der Waals surface area contributed by atoms with Gasteiger partial charge in [0.05, 0.1) is 22.4 Å². The van der Waals surface area contributed by atoms with Gasteiger partial charge in [0.1, 0.15) is 50.5 Å². The summed E-state index contributed by atoms with van der Waals surface area (Å²) in [7, 11) is 0. The monoisotopic (exact) mass is 1600 g/mol. The van der Waals surface area contributed by atoms with Gasteiger partial charge in [0, 0.05) is 117 Å². The fraction of sp³-hybridized carbons (Fsp3) is 0.130. The van der Waals surface area contributed by atoms with E-state index in [1.165, 1.54) is 165 Å². The van der Waals surface area contributed by atoms with Crippen molar-refractivity contribution >= 4 is 187 Å². The van der Waals surface area contributed by atoms with E-state index in [-0.39, 0.29) is 5.82 Å². The number of aromatic nitrogens is 1. The van der Waals surface area contributed by atoms with Crippen molar-refractivity contribution in [3.05, 3.63) is 369 Å². The summed E-state index contributed by atoms with van der Waals surface area (Å²) in [6.45, 7) is 4.59. The summed E-state index contributed by atoms with van der Waals surface area (Å²) in [5.74, 6) is 0.324. The third-order valence-electron chi connectivity index (χ3n) is 25.7. The lowest BCUT2D eigenvalue weighted by Gasteiger charge is -2.27. The van der Waals surface area contributed by atoms with Crippen LogP contribution in [0.5, 0.6) is 0 Å². The molecule has 18 aromatic carbocycles. The SMILES string of the molecule is CCCCCCCCC(CCCCCC)c1ccc2oc3cc(N(c4ccc5c(c4)oc4cc(-c6ccc(F)cc6)ccc45)c4cc5ccccc5c5ccccc45)ccc3c2c1.c1ccc(-n2c3ccccc3c3cc(-c4ccc5oc6cc(N(c7ccc8c(c7)oc7ccccc78)c7cc8ccccc8c8ccccc78)ccc6c5c4)ccc32)cc1. The molecule has 1 atom stereocenters. The van der Waals surface area contributed by atoms with E-state index in [1.54, 1.807) is 0 Å². The van der Waals surface area contributed by atoms with Gasteiger partial charge in [-0.2, -0.15) is 0 Å². The molecule has 8 heteroatoms. The van der Waals surface area contributed by atoms with Crippen molar-refractivity contribution in [1.82, 2.24) is 4.57 Å². The van der Waals surface area contributed by atoms with Gasteiger partial charge in [0.2, 0.25) is 0 Å². The molecule has 23 aromatic rings. The molecule has 0 saturated heterocycles. The molecule has 1 unspecified atom stereocenters. The molecule has 5 heterocycles. The zero-order valence-corrected chi connectivity index (χ0v) is 69.0. The van der Waals surface area contributed by atoms with Crippen molar-refractivity contribution < 1.29 is 22.1 Å². The number of hydrogen-bond donors (Lipinski definition) is 0. The van der Waals surface area contributed by atoms with Crippen LogP contribution in [0.2, 0.25) is 0 Å². The number of nitrogens with zero attached hydrogens (tertiary/aromatic N) is 3. The average Bonchev–Trinajstić information content (AvgIpc) is 1.31. The molecule has 596 valence electrons. The first-order valence-electron chi connectivity index (χ1n) is 43.9. The summed E-state index contributed by atoms with van der Waals surface area (Å²) in [4.78, 5) is 4.71. The first-order valence-corrected chi connectivity index (χ1v) is 43.9. The maximum atomic E-state index is 13.8. The lowest BCUT2D eigenvalue weighted by molar-refractivity contribution is 0.491. The number of rotatable bonds is 22. The molecule has 0 spiro atoms. The van der Waals surface area contributed by atoms with Crippen LogP contribution in [0.15, 0.2) is 376 Å². The fourth-order valence-corrected chi connectivity index (χ4v) is 19.6. The smallest absolute Gasteiger partial charge is 0.137 e. The van der Waals surface area contributed by atoms with Crippen molar-refractivity contribution in [1.29, 1.82) is 0 Å². The third kappa shape index (κ3) is 13.7. The van der Waals surface area contributed by atoms with Crippen LogP contribution in [0.25, 0.3) is 181 Å². The van der Waals surface area contributed by atoms with Crippen LogP contribution < -0.4 is 9.80 Å². The fourth-order valence-electron chi connectivity index (χ4n) is 19.6. The number of fused-ring (bicyclic) bond motifs is 21. The van der Waals surface area contributed by atoms with E-state index in [9.17, 15) is 4.39 Å². The van der Waals surface area contributed by atoms with Gasteiger partial charge in [-0.15, -0.1) is 0 Å². The Morgan fingerprint density at radius 1 is 0.252 bits per heavy atom. The predicted molar refractivity (Wildman–Crippen MR) is 516 cm³/mol. The maximum Gasteiger partial charge on any atom is 0.137 e. The summed E-state index contributed by atoms with van der Waals surface area (Å²) in [5, 5.41) is 20.8. The molecule has 0 N–H and O–H groups in total. The van der Waals surface area contributed by atoms with E-state index in [1.807, 2.05) is 24.3 Å². The lowest BCUT2D eigenvalue weighted by Crippen LogP contribution is -2.10. The molecule has 0 bridgehead atoms. The number of anilines is 6. The van der Waals surface area contributed by atoms with Gasteiger partial charge >= 0.3 is 0 Å². The standard InChI is InChI=1S/C59H56FNO2.C56H34N2O2/c1-3-5-7-9-10-12-18-40(17-11-8-6-4-2)42-26-34-56-54(35-42)53-33-30-47(39-59(53)62-56)61(55-36-44-19-13-14-20-48(44)49-21-15-16-22-50(49)55)46-29-32-52-51-31-25-43(37-57(51)63-58(52)38-46)41-23-27-45(60)28-24-41;1-2-13-38(14-3-1)58-50-20-10-8-18-44(50)48-30-35(22-28-51(48)58)36-23-29-54-49(31-36)47-27-25-40(34-56(47)60-54)57(39-24-26-46-45-19-9-11-21-53(45)59-55(46)33-39)52-32-37-12-4-5-15-41(37)42-16-6-7-17-43(42)52/h13-16,19-40H,3-12,17-18H2,1-2H3;1-34H. The molecule has 5 aromatic heterocycles. The number of halogens is 1. The second kappa shape index (κ2) is 31.9. The Balaban J connectivity index is 0.000000147. The molecule has 0 saturated carbocycles. The largest absolute Gasteiger partial charge is 0.456 e. The zero-order valence-electron chi connectivity index (χ0n) is 69.0. The average molecular weight is 1600 g/mol. The van der Waals surface area contributed by atoms with E-state index < -0.39 is 0 Å². The van der Waals surface area contributed by atoms with Crippen molar-refractivity contribution in [2.45, 2.75) is 96.8 Å². The molecule has 23 rings (SSSR count). The Bertz CT molecular complexity index is 7980. The molecule has 0 fully saturated rings. The van der Waals surface area contributed by atoms with Crippen molar-refractivity contribution in [3.8, 4) is 27.9 Å². The Labute approximate surface area is 712 Å².